The van der Waals surface area contributed by atoms with Gasteiger partial charge in [-0.3, -0.25) is 19.3 Å². The minimum absolute atomic E-state index is 0.00420. The van der Waals surface area contributed by atoms with Crippen molar-refractivity contribution in [2.45, 2.75) is 19.4 Å². The second-order valence-electron chi connectivity index (χ2n) is 8.78. The number of rotatable bonds is 3. The van der Waals surface area contributed by atoms with Crippen LogP contribution in [0.2, 0.25) is 5.02 Å². The number of amides is 2. The maximum atomic E-state index is 13.4. The van der Waals surface area contributed by atoms with Crippen LogP contribution in [0.4, 0.5) is 5.69 Å². The summed E-state index contributed by atoms with van der Waals surface area (Å²) in [5, 5.41) is 4.94. The fraction of sp³-hybridized carbons (Fsp3) is 0.333. The Morgan fingerprint density at radius 1 is 1.00 bits per heavy atom. The molecule has 0 unspecified atom stereocenters. The molecule has 2 amide bonds. The first-order valence-electron chi connectivity index (χ1n) is 10.4. The zero-order chi connectivity index (χ0) is 21.4. The highest BCUT2D eigenvalue weighted by Gasteiger charge is 2.70. The zero-order valence-electron chi connectivity index (χ0n) is 16.7. The van der Waals surface area contributed by atoms with Crippen LogP contribution >= 0.6 is 11.6 Å². The van der Waals surface area contributed by atoms with Gasteiger partial charge in [0.05, 0.1) is 23.2 Å². The van der Waals surface area contributed by atoms with Crippen molar-refractivity contribution in [2.24, 2.45) is 34.7 Å². The first-order chi connectivity index (χ1) is 15.0. The molecule has 7 heteroatoms. The lowest BCUT2D eigenvalue weighted by atomic mass is 9.71. The first-order valence-corrected chi connectivity index (χ1v) is 10.8. The number of ketones is 1. The Morgan fingerprint density at radius 3 is 2.35 bits per heavy atom. The van der Waals surface area contributed by atoms with Crippen molar-refractivity contribution in [3.63, 3.8) is 0 Å². The molecular formula is C24H19ClN2O4. The van der Waals surface area contributed by atoms with Crippen molar-refractivity contribution in [1.82, 2.24) is 0 Å². The predicted molar refractivity (Wildman–Crippen MR) is 114 cm³/mol. The van der Waals surface area contributed by atoms with Gasteiger partial charge in [-0.25, -0.2) is 0 Å². The third kappa shape index (κ3) is 2.45. The monoisotopic (exact) mass is 434 g/mol. The van der Waals surface area contributed by atoms with Gasteiger partial charge in [0.25, 0.3) is 0 Å². The Labute approximate surface area is 183 Å². The molecule has 0 aromatic heterocycles. The standard InChI is InChI=1S/C24H19ClN2O4/c1-11(28)12-6-8-13(9-7-12)27-23(29)18-15-10-16(19(18)24(27)30)22-20(15)21(26-31-22)14-4-2-3-5-17(14)25/h2-9,15-16,18-20,22H,10H2,1H3/t15-,16+,18+,19+,20+,22-/m1/s1. The van der Waals surface area contributed by atoms with E-state index < -0.39 is 0 Å². The van der Waals surface area contributed by atoms with Crippen molar-refractivity contribution < 1.29 is 19.2 Å². The fourth-order valence-corrected chi connectivity index (χ4v) is 6.35. The van der Waals surface area contributed by atoms with Gasteiger partial charge in [0.1, 0.15) is 6.10 Å². The number of halogens is 1. The Bertz CT molecular complexity index is 1170. The van der Waals surface area contributed by atoms with Gasteiger partial charge in [0.2, 0.25) is 11.8 Å². The maximum Gasteiger partial charge on any atom is 0.238 e. The summed E-state index contributed by atoms with van der Waals surface area (Å²) in [6.45, 7) is 1.49. The predicted octanol–water partition coefficient (Wildman–Crippen LogP) is 3.72. The number of oxime groups is 1. The SMILES string of the molecule is CC(=O)c1ccc(N2C(=O)[C@H]3[C@@H]4C[C@@H]([C@H]5C(c6ccccc6Cl)=NO[C@H]45)[C@@H]3C2=O)cc1. The van der Waals surface area contributed by atoms with Gasteiger partial charge in [-0.1, -0.05) is 35.0 Å². The smallest absolute Gasteiger partial charge is 0.238 e. The van der Waals surface area contributed by atoms with Gasteiger partial charge in [-0.2, -0.15) is 0 Å². The van der Waals surface area contributed by atoms with Gasteiger partial charge in [0, 0.05) is 28.0 Å². The van der Waals surface area contributed by atoms with Crippen molar-refractivity contribution in [1.29, 1.82) is 0 Å². The fourth-order valence-electron chi connectivity index (χ4n) is 6.12. The largest absolute Gasteiger partial charge is 0.391 e. The third-order valence-electron chi connectivity index (χ3n) is 7.37. The Balaban J connectivity index is 1.34. The van der Waals surface area contributed by atoms with E-state index in [0.29, 0.717) is 16.3 Å². The maximum absolute atomic E-state index is 13.4. The number of fused-ring (bicyclic) bond motifs is 8. The Hall–Kier alpha value is -2.99. The summed E-state index contributed by atoms with van der Waals surface area (Å²) in [7, 11) is 0. The molecule has 2 heterocycles. The van der Waals surface area contributed by atoms with Crippen molar-refractivity contribution in [2.75, 3.05) is 4.90 Å². The van der Waals surface area contributed by atoms with Crippen LogP contribution in [0.15, 0.2) is 53.7 Å². The van der Waals surface area contributed by atoms with E-state index in [2.05, 4.69) is 5.16 Å². The van der Waals surface area contributed by atoms with Crippen LogP contribution in [0.3, 0.4) is 0 Å². The topological polar surface area (TPSA) is 76.0 Å². The summed E-state index contributed by atoms with van der Waals surface area (Å²) in [5.41, 5.74) is 2.67. The molecule has 2 aliphatic carbocycles. The molecule has 31 heavy (non-hydrogen) atoms. The van der Waals surface area contributed by atoms with Gasteiger partial charge in [-0.15, -0.1) is 0 Å². The van der Waals surface area contributed by atoms with Crippen molar-refractivity contribution in [3.05, 3.63) is 64.7 Å². The normalized spacial score (nSPS) is 32.7. The van der Waals surface area contributed by atoms with E-state index in [9.17, 15) is 14.4 Å². The summed E-state index contributed by atoms with van der Waals surface area (Å²) in [6, 6.07) is 14.2. The molecule has 4 aliphatic rings. The quantitative estimate of drug-likeness (QED) is 0.545. The van der Waals surface area contributed by atoms with E-state index in [4.69, 9.17) is 16.4 Å². The number of imide groups is 1. The second kappa shape index (κ2) is 6.50. The highest BCUT2D eigenvalue weighted by atomic mass is 35.5. The molecular weight excluding hydrogens is 416 g/mol. The van der Waals surface area contributed by atoms with Crippen LogP contribution < -0.4 is 4.90 Å². The van der Waals surface area contributed by atoms with Gasteiger partial charge >= 0.3 is 0 Å². The average Bonchev–Trinajstić information content (AvgIpc) is 3.49. The molecule has 0 N–H and O–H groups in total. The van der Waals surface area contributed by atoms with E-state index >= 15 is 0 Å². The van der Waals surface area contributed by atoms with E-state index in [1.54, 1.807) is 24.3 Å². The van der Waals surface area contributed by atoms with Crippen LogP contribution in [0.1, 0.15) is 29.3 Å². The van der Waals surface area contributed by atoms with Crippen LogP contribution in [0.5, 0.6) is 0 Å². The number of hydrogen-bond acceptors (Lipinski definition) is 5. The van der Waals surface area contributed by atoms with Gasteiger partial charge in [-0.05, 0) is 49.6 Å². The number of hydrogen-bond donors (Lipinski definition) is 0. The number of anilines is 1. The summed E-state index contributed by atoms with van der Waals surface area (Å²) in [6.07, 6.45) is 0.581. The lowest BCUT2D eigenvalue weighted by Crippen LogP contribution is -2.41. The Kier molecular flexibility index (Phi) is 3.93. The van der Waals surface area contributed by atoms with Crippen molar-refractivity contribution >= 4 is 40.6 Å². The van der Waals surface area contributed by atoms with E-state index in [-0.39, 0.29) is 53.3 Å². The molecule has 6 rings (SSSR count). The van der Waals surface area contributed by atoms with Gasteiger partial charge in [0.15, 0.2) is 5.78 Å². The molecule has 6 nitrogen and oxygen atoms in total. The van der Waals surface area contributed by atoms with Crippen molar-refractivity contribution in [3.8, 4) is 0 Å². The highest BCUT2D eigenvalue weighted by Crippen LogP contribution is 2.62. The second-order valence-corrected chi connectivity index (χ2v) is 9.19. The summed E-state index contributed by atoms with van der Waals surface area (Å²) in [5.74, 6) is -1.24. The minimum atomic E-state index is -0.382. The third-order valence-corrected chi connectivity index (χ3v) is 7.70. The summed E-state index contributed by atoms with van der Waals surface area (Å²) in [4.78, 5) is 45.4. The van der Waals surface area contributed by atoms with E-state index in [1.807, 2.05) is 24.3 Å². The summed E-state index contributed by atoms with van der Waals surface area (Å²) >= 11 is 6.41. The number of benzene rings is 2. The van der Waals surface area contributed by atoms with E-state index in [1.165, 1.54) is 11.8 Å². The molecule has 2 aromatic rings. The number of nitrogens with zero attached hydrogens (tertiary/aromatic N) is 2. The number of carbonyl (C=O) groups excluding carboxylic acids is 3. The molecule has 0 radical (unpaired) electrons. The highest BCUT2D eigenvalue weighted by molar-refractivity contribution is 6.34. The zero-order valence-corrected chi connectivity index (χ0v) is 17.5. The average molecular weight is 435 g/mol. The lowest BCUT2D eigenvalue weighted by molar-refractivity contribution is -0.125. The lowest BCUT2D eigenvalue weighted by Gasteiger charge is -2.30. The van der Waals surface area contributed by atoms with Crippen LogP contribution in [0, 0.1) is 29.6 Å². The molecule has 1 saturated heterocycles. The molecule has 0 spiro atoms. The molecule has 3 fully saturated rings. The van der Waals surface area contributed by atoms with Crippen LogP contribution in [-0.4, -0.2) is 29.4 Å². The Morgan fingerprint density at radius 2 is 1.68 bits per heavy atom. The number of Topliss-reactive ketones (excluding diaryl/α,β-unsaturated/α-hetero) is 1. The molecule has 6 atom stereocenters. The molecule has 2 saturated carbocycles. The van der Waals surface area contributed by atoms with E-state index in [0.717, 1.165) is 17.7 Å². The molecule has 2 bridgehead atoms. The van der Waals surface area contributed by atoms with Gasteiger partial charge < -0.3 is 4.84 Å². The minimum Gasteiger partial charge on any atom is -0.391 e. The molecule has 2 aliphatic heterocycles. The molecule has 156 valence electrons. The number of carbonyl (C=O) groups is 3. The molecule has 2 aromatic carbocycles. The van der Waals surface area contributed by atoms with Crippen LogP contribution in [-0.2, 0) is 14.4 Å². The first kappa shape index (κ1) is 18.8. The summed E-state index contributed by atoms with van der Waals surface area (Å²) < 4.78 is 0. The van der Waals surface area contributed by atoms with Crippen LogP contribution in [0.25, 0.3) is 0 Å².